The van der Waals surface area contributed by atoms with E-state index in [0.29, 0.717) is 25.1 Å². The summed E-state index contributed by atoms with van der Waals surface area (Å²) in [5.41, 5.74) is 1.03. The Morgan fingerprint density at radius 1 is 0.763 bits per heavy atom. The molecule has 1 saturated heterocycles. The predicted octanol–water partition coefficient (Wildman–Crippen LogP) is 8.32. The number of alkyl halides is 3. The lowest BCUT2D eigenvalue weighted by molar-refractivity contribution is -0.137. The van der Waals surface area contributed by atoms with Crippen LogP contribution in [0.3, 0.4) is 0 Å². The second-order valence-corrected chi connectivity index (χ2v) is 11.1. The molecule has 0 unspecified atom stereocenters. The summed E-state index contributed by atoms with van der Waals surface area (Å²) in [7, 11) is -0.571. The molecular formula is C31H37BF3NO2. The Balaban J connectivity index is 1.83. The third-order valence-corrected chi connectivity index (χ3v) is 7.90. The van der Waals surface area contributed by atoms with Gasteiger partial charge in [-0.15, -0.1) is 0 Å². The summed E-state index contributed by atoms with van der Waals surface area (Å²) in [6, 6.07) is 25.4. The molecule has 0 aliphatic carbocycles. The molecular weight excluding hydrogens is 486 g/mol. The molecule has 3 nitrogen and oxygen atoms in total. The van der Waals surface area contributed by atoms with Crippen LogP contribution in [0.5, 0.6) is 0 Å². The molecule has 38 heavy (non-hydrogen) atoms. The average molecular weight is 523 g/mol. The molecule has 0 spiro atoms. The van der Waals surface area contributed by atoms with Gasteiger partial charge in [0.1, 0.15) is 0 Å². The van der Waals surface area contributed by atoms with Gasteiger partial charge in [-0.05, 0) is 56.5 Å². The van der Waals surface area contributed by atoms with Gasteiger partial charge >= 0.3 is 13.3 Å². The fourth-order valence-electron chi connectivity index (χ4n) is 5.14. The number of hydrogen-bond donors (Lipinski definition) is 0. The number of nitrogens with zero attached hydrogens (tertiary/aromatic N) is 1. The zero-order valence-electron chi connectivity index (χ0n) is 22.8. The lowest BCUT2D eigenvalue weighted by Crippen LogP contribution is -2.41. The Bertz CT molecular complexity index is 1130. The van der Waals surface area contributed by atoms with Crippen molar-refractivity contribution in [2.75, 3.05) is 0 Å². The van der Waals surface area contributed by atoms with Gasteiger partial charge in [0.25, 0.3) is 0 Å². The molecule has 3 aromatic rings. The fourth-order valence-corrected chi connectivity index (χ4v) is 5.14. The van der Waals surface area contributed by atoms with Crippen LogP contribution in [0.25, 0.3) is 0 Å². The molecule has 202 valence electrons. The minimum absolute atomic E-state index is 0.216. The average Bonchev–Trinajstić information content (AvgIpc) is 3.09. The van der Waals surface area contributed by atoms with Crippen molar-refractivity contribution in [2.24, 2.45) is 0 Å². The van der Waals surface area contributed by atoms with Crippen LogP contribution in [0.4, 0.5) is 13.2 Å². The highest BCUT2D eigenvalue weighted by atomic mass is 19.4. The van der Waals surface area contributed by atoms with Crippen LogP contribution in [0, 0.1) is 0 Å². The summed E-state index contributed by atoms with van der Waals surface area (Å²) in [6.07, 6.45) is -3.77. The van der Waals surface area contributed by atoms with Crippen LogP contribution >= 0.6 is 0 Å². The van der Waals surface area contributed by atoms with E-state index in [-0.39, 0.29) is 5.82 Å². The van der Waals surface area contributed by atoms with Gasteiger partial charge in [0.05, 0.1) is 16.8 Å². The van der Waals surface area contributed by atoms with Gasteiger partial charge in [0.15, 0.2) is 0 Å². The van der Waals surface area contributed by atoms with Crippen LogP contribution in [-0.2, 0) is 28.6 Å². The standard InChI is InChI=1S/C31H37BF3NO2/c1-6-27(32-37-29(2,3)30(4,5)38-32)28(25-18-13-19-26(20-25)31(33,34)35)36(21-23-14-9-7-10-15-23)22-24-16-11-8-12-17-24/h7-20,27-28H,6,21-22H2,1-5H3/t27-,28-/m1/s1. The maximum atomic E-state index is 13.9. The highest BCUT2D eigenvalue weighted by Gasteiger charge is 2.55. The Kier molecular flexibility index (Phi) is 8.41. The minimum atomic E-state index is -4.43. The van der Waals surface area contributed by atoms with Crippen molar-refractivity contribution >= 4 is 7.12 Å². The van der Waals surface area contributed by atoms with E-state index in [0.717, 1.165) is 17.2 Å². The molecule has 1 fully saturated rings. The van der Waals surface area contributed by atoms with Crippen LogP contribution in [0.2, 0.25) is 5.82 Å². The molecule has 0 aromatic heterocycles. The quantitative estimate of drug-likeness (QED) is 0.263. The van der Waals surface area contributed by atoms with Crippen molar-refractivity contribution in [3.8, 4) is 0 Å². The molecule has 7 heteroatoms. The summed E-state index contributed by atoms with van der Waals surface area (Å²) in [5, 5.41) is 0. The van der Waals surface area contributed by atoms with E-state index in [1.165, 1.54) is 12.1 Å². The van der Waals surface area contributed by atoms with Crippen molar-refractivity contribution < 1.29 is 22.5 Å². The maximum absolute atomic E-state index is 13.9. The zero-order valence-corrected chi connectivity index (χ0v) is 22.8. The van der Waals surface area contributed by atoms with Crippen LogP contribution in [0.15, 0.2) is 84.9 Å². The molecule has 0 saturated carbocycles. The van der Waals surface area contributed by atoms with Crippen LogP contribution < -0.4 is 0 Å². The first kappa shape index (κ1) is 28.4. The van der Waals surface area contributed by atoms with Crippen LogP contribution in [-0.4, -0.2) is 23.2 Å². The van der Waals surface area contributed by atoms with Gasteiger partial charge in [-0.2, -0.15) is 13.2 Å². The summed E-state index contributed by atoms with van der Waals surface area (Å²) < 4.78 is 54.5. The van der Waals surface area contributed by atoms with Crippen molar-refractivity contribution in [3.63, 3.8) is 0 Å². The molecule has 3 aromatic carbocycles. The number of halogens is 3. The van der Waals surface area contributed by atoms with E-state index in [2.05, 4.69) is 36.1 Å². The SMILES string of the molecule is CC[C@@H](B1OC(C)(C)C(C)(C)O1)[C@@H](c1cccc(C(F)(F)F)c1)N(Cc1ccccc1)Cc1ccccc1. The molecule has 1 aliphatic heterocycles. The molecule has 1 heterocycles. The zero-order chi connectivity index (χ0) is 27.6. The first-order valence-corrected chi connectivity index (χ1v) is 13.3. The first-order valence-electron chi connectivity index (χ1n) is 13.3. The van der Waals surface area contributed by atoms with E-state index < -0.39 is 36.1 Å². The second-order valence-electron chi connectivity index (χ2n) is 11.1. The van der Waals surface area contributed by atoms with E-state index in [9.17, 15) is 13.2 Å². The van der Waals surface area contributed by atoms with Gasteiger partial charge < -0.3 is 9.31 Å². The topological polar surface area (TPSA) is 21.7 Å². The Morgan fingerprint density at radius 3 is 1.71 bits per heavy atom. The monoisotopic (exact) mass is 523 g/mol. The lowest BCUT2D eigenvalue weighted by atomic mass is 9.64. The molecule has 0 radical (unpaired) electrons. The summed E-state index contributed by atoms with van der Waals surface area (Å²) >= 11 is 0. The van der Waals surface area contributed by atoms with E-state index in [4.69, 9.17) is 9.31 Å². The molecule has 0 amide bonds. The Morgan fingerprint density at radius 2 is 1.26 bits per heavy atom. The highest BCUT2D eigenvalue weighted by Crippen LogP contribution is 2.47. The molecule has 2 atom stereocenters. The summed E-state index contributed by atoms with van der Waals surface area (Å²) in [6.45, 7) is 11.2. The van der Waals surface area contributed by atoms with E-state index in [1.54, 1.807) is 6.07 Å². The largest absolute Gasteiger partial charge is 0.463 e. The van der Waals surface area contributed by atoms with Crippen molar-refractivity contribution in [1.29, 1.82) is 0 Å². The normalized spacial score (nSPS) is 18.5. The predicted molar refractivity (Wildman–Crippen MR) is 146 cm³/mol. The van der Waals surface area contributed by atoms with E-state index >= 15 is 0 Å². The third kappa shape index (κ3) is 6.33. The van der Waals surface area contributed by atoms with Gasteiger partial charge in [-0.1, -0.05) is 86.1 Å². The molecule has 0 N–H and O–H groups in total. The number of hydrogen-bond acceptors (Lipinski definition) is 3. The van der Waals surface area contributed by atoms with Crippen molar-refractivity contribution in [3.05, 3.63) is 107 Å². The molecule has 1 aliphatic rings. The Labute approximate surface area is 225 Å². The smallest absolute Gasteiger partial charge is 0.403 e. The van der Waals surface area contributed by atoms with E-state index in [1.807, 2.05) is 64.1 Å². The fraction of sp³-hybridized carbons (Fsp3) is 0.419. The van der Waals surface area contributed by atoms with Gasteiger partial charge in [-0.25, -0.2) is 0 Å². The second kappa shape index (κ2) is 11.2. The number of rotatable bonds is 9. The minimum Gasteiger partial charge on any atom is -0.403 e. The molecule has 0 bridgehead atoms. The first-order chi connectivity index (χ1) is 17.9. The van der Waals surface area contributed by atoms with Crippen LogP contribution in [0.1, 0.15) is 69.3 Å². The van der Waals surface area contributed by atoms with Crippen molar-refractivity contribution in [2.45, 2.75) is 83.4 Å². The van der Waals surface area contributed by atoms with Crippen molar-refractivity contribution in [1.82, 2.24) is 4.90 Å². The highest BCUT2D eigenvalue weighted by molar-refractivity contribution is 6.47. The summed E-state index contributed by atoms with van der Waals surface area (Å²) in [5.74, 6) is -0.216. The summed E-state index contributed by atoms with van der Waals surface area (Å²) in [4.78, 5) is 2.26. The maximum Gasteiger partial charge on any atom is 0.463 e. The third-order valence-electron chi connectivity index (χ3n) is 7.90. The van der Waals surface area contributed by atoms with Gasteiger partial charge in [-0.3, -0.25) is 4.90 Å². The van der Waals surface area contributed by atoms with Gasteiger partial charge in [0.2, 0.25) is 0 Å². The van der Waals surface area contributed by atoms with Gasteiger partial charge in [0, 0.05) is 24.9 Å². The Hall–Kier alpha value is -2.61. The lowest BCUT2D eigenvalue weighted by Gasteiger charge is -2.38. The number of benzene rings is 3. The molecule has 4 rings (SSSR count).